The number of nitrogens with one attached hydrogen (secondary N) is 1. The number of amides is 1. The van der Waals surface area contributed by atoms with Crippen LogP contribution in [-0.4, -0.2) is 56.4 Å². The summed E-state index contributed by atoms with van der Waals surface area (Å²) in [6.07, 6.45) is 2.19. The van der Waals surface area contributed by atoms with Gasteiger partial charge < -0.3 is 15.0 Å². The molecule has 0 radical (unpaired) electrons. The maximum absolute atomic E-state index is 11.9. The molecular formula is C14H25F3N2O2. The van der Waals surface area contributed by atoms with Gasteiger partial charge in [0.25, 0.3) is 0 Å². The molecule has 0 bridgehead atoms. The van der Waals surface area contributed by atoms with Crippen molar-refractivity contribution in [3.05, 3.63) is 0 Å². The molecule has 4 nitrogen and oxygen atoms in total. The standard InChI is InChI=1S/C14H25F3N2O2/c1-19(2)13(7-5-3-4-6-8-13)10-18-12(20)9-21-11-14(15,16)17/h3-11H2,1-2H3,(H,18,20). The Morgan fingerprint density at radius 1 is 1.19 bits per heavy atom. The molecule has 1 aliphatic carbocycles. The summed E-state index contributed by atoms with van der Waals surface area (Å²) < 4.78 is 40.2. The topological polar surface area (TPSA) is 41.6 Å². The third-order valence-corrected chi connectivity index (χ3v) is 4.10. The molecule has 1 fully saturated rings. The monoisotopic (exact) mass is 310 g/mol. The number of ether oxygens (including phenoxy) is 1. The van der Waals surface area contributed by atoms with Crippen LogP contribution in [0.2, 0.25) is 0 Å². The lowest BCUT2D eigenvalue weighted by Crippen LogP contribution is -2.53. The lowest BCUT2D eigenvalue weighted by molar-refractivity contribution is -0.175. The van der Waals surface area contributed by atoms with Gasteiger partial charge in [-0.25, -0.2) is 0 Å². The first-order chi connectivity index (χ1) is 9.75. The second-order valence-electron chi connectivity index (χ2n) is 5.92. The second-order valence-corrected chi connectivity index (χ2v) is 5.92. The number of halogens is 3. The molecule has 1 N–H and O–H groups in total. The lowest BCUT2D eigenvalue weighted by Gasteiger charge is -2.39. The maximum atomic E-state index is 11.9. The van der Waals surface area contributed by atoms with E-state index in [2.05, 4.69) is 15.0 Å². The molecule has 0 spiro atoms. The van der Waals surface area contributed by atoms with Gasteiger partial charge in [0.2, 0.25) is 5.91 Å². The fourth-order valence-corrected chi connectivity index (χ4v) is 2.74. The highest BCUT2D eigenvalue weighted by Crippen LogP contribution is 2.30. The maximum Gasteiger partial charge on any atom is 0.411 e. The van der Waals surface area contributed by atoms with Crippen LogP contribution in [0, 0.1) is 0 Å². The predicted octanol–water partition coefficient (Wildman–Crippen LogP) is 2.34. The first kappa shape index (κ1) is 18.2. The van der Waals surface area contributed by atoms with Gasteiger partial charge in [0.1, 0.15) is 13.2 Å². The molecule has 124 valence electrons. The summed E-state index contributed by atoms with van der Waals surface area (Å²) in [5.74, 6) is -0.496. The number of hydrogen-bond acceptors (Lipinski definition) is 3. The Bertz CT molecular complexity index is 325. The van der Waals surface area contributed by atoms with Crippen molar-refractivity contribution >= 4 is 5.91 Å². The van der Waals surface area contributed by atoms with E-state index in [0.717, 1.165) is 25.7 Å². The minimum absolute atomic E-state index is 0.101. The third-order valence-electron chi connectivity index (χ3n) is 4.10. The number of hydrogen-bond donors (Lipinski definition) is 1. The minimum Gasteiger partial charge on any atom is -0.362 e. The number of rotatable bonds is 6. The van der Waals surface area contributed by atoms with E-state index in [0.29, 0.717) is 6.54 Å². The van der Waals surface area contributed by atoms with Gasteiger partial charge in [0, 0.05) is 12.1 Å². The van der Waals surface area contributed by atoms with Crippen molar-refractivity contribution < 1.29 is 22.7 Å². The van der Waals surface area contributed by atoms with Gasteiger partial charge >= 0.3 is 6.18 Å². The molecule has 0 aromatic carbocycles. The van der Waals surface area contributed by atoms with Gasteiger partial charge in [-0.2, -0.15) is 13.2 Å². The van der Waals surface area contributed by atoms with Gasteiger partial charge in [-0.1, -0.05) is 25.7 Å². The minimum atomic E-state index is -4.40. The molecule has 1 rings (SSSR count). The Morgan fingerprint density at radius 2 is 1.76 bits per heavy atom. The summed E-state index contributed by atoms with van der Waals surface area (Å²) in [6, 6.07) is 0. The van der Waals surface area contributed by atoms with Crippen molar-refractivity contribution in [2.45, 2.75) is 50.2 Å². The number of nitrogens with zero attached hydrogens (tertiary/aromatic N) is 1. The highest BCUT2D eigenvalue weighted by Gasteiger charge is 2.33. The Hall–Kier alpha value is -0.820. The van der Waals surface area contributed by atoms with Crippen molar-refractivity contribution in [1.29, 1.82) is 0 Å². The summed E-state index contributed by atoms with van der Waals surface area (Å²) in [5, 5.41) is 2.72. The number of likely N-dealkylation sites (N-methyl/N-ethyl adjacent to an activating group) is 1. The summed E-state index contributed by atoms with van der Waals surface area (Å²) >= 11 is 0. The van der Waals surface area contributed by atoms with Crippen molar-refractivity contribution in [2.24, 2.45) is 0 Å². The molecule has 0 aromatic heterocycles. The molecule has 1 aliphatic rings. The summed E-state index contributed by atoms with van der Waals surface area (Å²) in [7, 11) is 3.97. The molecule has 1 saturated carbocycles. The van der Waals surface area contributed by atoms with Crippen molar-refractivity contribution in [3.63, 3.8) is 0 Å². The molecule has 0 heterocycles. The van der Waals surface area contributed by atoms with Crippen LogP contribution in [0.25, 0.3) is 0 Å². The van der Waals surface area contributed by atoms with Crippen LogP contribution in [0.15, 0.2) is 0 Å². The zero-order chi connectivity index (χ0) is 15.9. The molecule has 0 aliphatic heterocycles. The Labute approximate surface area is 124 Å². The zero-order valence-electron chi connectivity index (χ0n) is 12.8. The van der Waals surface area contributed by atoms with Crippen LogP contribution in [0.5, 0.6) is 0 Å². The van der Waals surface area contributed by atoms with E-state index in [4.69, 9.17) is 0 Å². The fourth-order valence-electron chi connectivity index (χ4n) is 2.74. The Balaban J connectivity index is 2.40. The van der Waals surface area contributed by atoms with E-state index in [9.17, 15) is 18.0 Å². The van der Waals surface area contributed by atoms with Crippen LogP contribution in [0.4, 0.5) is 13.2 Å². The average molecular weight is 310 g/mol. The summed E-state index contributed by atoms with van der Waals surface area (Å²) in [6.45, 7) is -1.49. The van der Waals surface area contributed by atoms with Gasteiger partial charge in [-0.15, -0.1) is 0 Å². The Kier molecular flexibility index (Phi) is 6.93. The number of carbonyl (C=O) groups is 1. The highest BCUT2D eigenvalue weighted by atomic mass is 19.4. The van der Waals surface area contributed by atoms with Gasteiger partial charge in [-0.05, 0) is 26.9 Å². The number of carbonyl (C=O) groups excluding carboxylic acids is 1. The van der Waals surface area contributed by atoms with Crippen LogP contribution in [0.3, 0.4) is 0 Å². The van der Waals surface area contributed by atoms with E-state index in [-0.39, 0.29) is 5.54 Å². The lowest BCUT2D eigenvalue weighted by atomic mass is 9.88. The average Bonchev–Trinajstić information content (AvgIpc) is 2.61. The highest BCUT2D eigenvalue weighted by molar-refractivity contribution is 5.77. The van der Waals surface area contributed by atoms with E-state index >= 15 is 0 Å². The first-order valence-electron chi connectivity index (χ1n) is 7.34. The molecule has 21 heavy (non-hydrogen) atoms. The van der Waals surface area contributed by atoms with E-state index in [1.807, 2.05) is 14.1 Å². The predicted molar refractivity (Wildman–Crippen MR) is 74.0 cm³/mol. The largest absolute Gasteiger partial charge is 0.411 e. The van der Waals surface area contributed by atoms with Crippen LogP contribution in [0.1, 0.15) is 38.5 Å². The van der Waals surface area contributed by atoms with E-state index in [1.54, 1.807) is 0 Å². The molecule has 7 heteroatoms. The molecule has 0 unspecified atom stereocenters. The first-order valence-corrected chi connectivity index (χ1v) is 7.34. The second kappa shape index (κ2) is 7.98. The fraction of sp³-hybridized carbons (Fsp3) is 0.929. The van der Waals surface area contributed by atoms with Crippen LogP contribution < -0.4 is 5.32 Å². The number of alkyl halides is 3. The van der Waals surface area contributed by atoms with Crippen molar-refractivity contribution in [1.82, 2.24) is 10.2 Å². The SMILES string of the molecule is CN(C)C1(CNC(=O)COCC(F)(F)F)CCCCCC1. The van der Waals surface area contributed by atoms with E-state index in [1.165, 1.54) is 12.8 Å². The van der Waals surface area contributed by atoms with Gasteiger partial charge in [-0.3, -0.25) is 4.79 Å². The van der Waals surface area contributed by atoms with Crippen LogP contribution in [-0.2, 0) is 9.53 Å². The molecule has 1 amide bonds. The Morgan fingerprint density at radius 3 is 2.24 bits per heavy atom. The van der Waals surface area contributed by atoms with Crippen molar-refractivity contribution in [3.8, 4) is 0 Å². The molecular weight excluding hydrogens is 285 g/mol. The van der Waals surface area contributed by atoms with Crippen molar-refractivity contribution in [2.75, 3.05) is 33.9 Å². The smallest absolute Gasteiger partial charge is 0.362 e. The summed E-state index contributed by atoms with van der Waals surface area (Å²) in [5.41, 5.74) is -0.101. The quantitative estimate of drug-likeness (QED) is 0.766. The molecule has 0 atom stereocenters. The summed E-state index contributed by atoms with van der Waals surface area (Å²) in [4.78, 5) is 13.7. The van der Waals surface area contributed by atoms with Gasteiger partial charge in [0.05, 0.1) is 0 Å². The molecule has 0 aromatic rings. The normalized spacial score (nSPS) is 19.3. The molecule has 0 saturated heterocycles. The van der Waals surface area contributed by atoms with Gasteiger partial charge in [0.15, 0.2) is 0 Å². The van der Waals surface area contributed by atoms with Crippen LogP contribution >= 0.6 is 0 Å². The van der Waals surface area contributed by atoms with E-state index < -0.39 is 25.3 Å². The third kappa shape index (κ3) is 6.65. The zero-order valence-corrected chi connectivity index (χ0v) is 12.8.